The van der Waals surface area contributed by atoms with Gasteiger partial charge in [0, 0.05) is 5.02 Å². The molecule has 2 heterocycles. The van der Waals surface area contributed by atoms with Gasteiger partial charge in [-0.25, -0.2) is 14.2 Å². The van der Waals surface area contributed by atoms with E-state index in [1.54, 1.807) is 25.1 Å². The Bertz CT molecular complexity index is 881. The summed E-state index contributed by atoms with van der Waals surface area (Å²) in [6, 6.07) is 4.85. The lowest BCUT2D eigenvalue weighted by atomic mass is 10.3. The minimum absolute atomic E-state index is 0.0975. The van der Waals surface area contributed by atoms with Crippen LogP contribution in [0.15, 0.2) is 33.6 Å². The van der Waals surface area contributed by atoms with E-state index in [1.165, 1.54) is 4.40 Å². The number of carbonyl (C=O) groups is 1. The van der Waals surface area contributed by atoms with Gasteiger partial charge in [0.05, 0.1) is 18.3 Å². The third-order valence-electron chi connectivity index (χ3n) is 2.79. The standard InChI is InChI=1S/C13H9ClN2O4/c1-2-19-12(18)8-6-15-13-16(11(8)17)9-5-7(14)3-4-10(9)20-13/h3-6H,2H2,1H3. The minimum Gasteiger partial charge on any atom is -0.462 e. The number of halogens is 1. The molecule has 3 rings (SSSR count). The van der Waals surface area contributed by atoms with Crippen LogP contribution >= 0.6 is 11.6 Å². The number of aromatic nitrogens is 2. The summed E-state index contributed by atoms with van der Waals surface area (Å²) in [5.74, 6) is -0.615. The van der Waals surface area contributed by atoms with Gasteiger partial charge in [-0.1, -0.05) is 11.6 Å². The van der Waals surface area contributed by atoms with Crippen molar-refractivity contribution in [2.75, 3.05) is 6.61 Å². The van der Waals surface area contributed by atoms with E-state index in [0.717, 1.165) is 6.20 Å². The van der Waals surface area contributed by atoms with Crippen LogP contribution in [0.4, 0.5) is 0 Å². The Labute approximate surface area is 117 Å². The van der Waals surface area contributed by atoms with Gasteiger partial charge in [-0.3, -0.25) is 4.79 Å². The fourth-order valence-electron chi connectivity index (χ4n) is 1.92. The number of benzene rings is 1. The molecule has 0 bridgehead atoms. The zero-order chi connectivity index (χ0) is 14.3. The summed E-state index contributed by atoms with van der Waals surface area (Å²) in [4.78, 5) is 28.0. The summed E-state index contributed by atoms with van der Waals surface area (Å²) in [5.41, 5.74) is 0.220. The average molecular weight is 293 g/mol. The minimum atomic E-state index is -0.712. The molecule has 102 valence electrons. The van der Waals surface area contributed by atoms with Crippen molar-refractivity contribution >= 4 is 34.5 Å². The monoisotopic (exact) mass is 292 g/mol. The molecule has 0 amide bonds. The Morgan fingerprint density at radius 2 is 2.30 bits per heavy atom. The topological polar surface area (TPSA) is 73.8 Å². The molecular weight excluding hydrogens is 284 g/mol. The highest BCUT2D eigenvalue weighted by Gasteiger charge is 2.18. The first-order chi connectivity index (χ1) is 9.61. The van der Waals surface area contributed by atoms with Crippen molar-refractivity contribution in [1.29, 1.82) is 0 Å². The first-order valence-corrected chi connectivity index (χ1v) is 6.26. The van der Waals surface area contributed by atoms with Gasteiger partial charge >= 0.3 is 11.8 Å². The number of ether oxygens (including phenoxy) is 1. The van der Waals surface area contributed by atoms with E-state index in [-0.39, 0.29) is 18.0 Å². The van der Waals surface area contributed by atoms with E-state index in [1.807, 2.05) is 0 Å². The number of hydrogen-bond donors (Lipinski definition) is 0. The average Bonchev–Trinajstić information content (AvgIpc) is 2.77. The largest absolute Gasteiger partial charge is 0.462 e. The molecular formula is C13H9ClN2O4. The summed E-state index contributed by atoms with van der Waals surface area (Å²) in [5, 5.41) is 0.452. The summed E-state index contributed by atoms with van der Waals surface area (Å²) in [7, 11) is 0. The quantitative estimate of drug-likeness (QED) is 0.677. The third kappa shape index (κ3) is 1.85. The number of fused-ring (bicyclic) bond motifs is 3. The maximum Gasteiger partial charge on any atom is 0.345 e. The molecule has 0 aliphatic rings. The molecule has 3 aromatic rings. The molecule has 0 spiro atoms. The van der Waals surface area contributed by atoms with Crippen LogP contribution in [-0.4, -0.2) is 22.0 Å². The number of rotatable bonds is 2. The number of nitrogens with zero attached hydrogens (tertiary/aromatic N) is 2. The van der Waals surface area contributed by atoms with Crippen molar-refractivity contribution in [2.45, 2.75) is 6.92 Å². The predicted molar refractivity (Wildman–Crippen MR) is 72.2 cm³/mol. The fraction of sp³-hybridized carbons (Fsp3) is 0.154. The Hall–Kier alpha value is -2.34. The van der Waals surface area contributed by atoms with Crippen molar-refractivity contribution in [3.8, 4) is 0 Å². The second-order valence-corrected chi connectivity index (χ2v) is 4.47. The Morgan fingerprint density at radius 1 is 1.50 bits per heavy atom. The van der Waals surface area contributed by atoms with Gasteiger partial charge in [0.15, 0.2) is 5.58 Å². The van der Waals surface area contributed by atoms with E-state index in [9.17, 15) is 9.59 Å². The van der Waals surface area contributed by atoms with Crippen LogP contribution in [0.1, 0.15) is 17.3 Å². The summed E-state index contributed by atoms with van der Waals surface area (Å²) in [6.45, 7) is 1.84. The van der Waals surface area contributed by atoms with Gasteiger partial charge in [-0.05, 0) is 25.1 Å². The fourth-order valence-corrected chi connectivity index (χ4v) is 2.09. The molecule has 0 saturated heterocycles. The number of hydrogen-bond acceptors (Lipinski definition) is 5. The molecule has 0 radical (unpaired) electrons. The highest BCUT2D eigenvalue weighted by Crippen LogP contribution is 2.21. The highest BCUT2D eigenvalue weighted by molar-refractivity contribution is 6.31. The van der Waals surface area contributed by atoms with E-state index in [4.69, 9.17) is 20.8 Å². The van der Waals surface area contributed by atoms with Crippen molar-refractivity contribution in [3.05, 3.63) is 45.3 Å². The first kappa shape index (κ1) is 12.7. The molecule has 0 aliphatic heterocycles. The van der Waals surface area contributed by atoms with Crippen LogP contribution in [0.3, 0.4) is 0 Å². The van der Waals surface area contributed by atoms with Crippen LogP contribution in [0, 0.1) is 0 Å². The first-order valence-electron chi connectivity index (χ1n) is 5.88. The normalized spacial score (nSPS) is 11.1. The lowest BCUT2D eigenvalue weighted by Crippen LogP contribution is -2.23. The zero-order valence-electron chi connectivity index (χ0n) is 10.4. The van der Waals surface area contributed by atoms with E-state index >= 15 is 0 Å². The van der Waals surface area contributed by atoms with E-state index in [0.29, 0.717) is 16.1 Å². The van der Waals surface area contributed by atoms with E-state index in [2.05, 4.69) is 4.98 Å². The smallest absolute Gasteiger partial charge is 0.345 e. The lowest BCUT2D eigenvalue weighted by Gasteiger charge is -2.00. The van der Waals surface area contributed by atoms with Crippen LogP contribution < -0.4 is 5.56 Å². The molecule has 0 atom stereocenters. The Balaban J connectivity index is 2.36. The van der Waals surface area contributed by atoms with Crippen LogP contribution in [-0.2, 0) is 4.74 Å². The van der Waals surface area contributed by atoms with Crippen molar-refractivity contribution in [2.24, 2.45) is 0 Å². The van der Waals surface area contributed by atoms with E-state index < -0.39 is 11.5 Å². The molecule has 20 heavy (non-hydrogen) atoms. The maximum absolute atomic E-state index is 12.4. The van der Waals surface area contributed by atoms with Gasteiger partial charge in [-0.2, -0.15) is 0 Å². The second kappa shape index (κ2) is 4.64. The third-order valence-corrected chi connectivity index (χ3v) is 3.02. The molecule has 1 aromatic carbocycles. The lowest BCUT2D eigenvalue weighted by molar-refractivity contribution is 0.0523. The van der Waals surface area contributed by atoms with Crippen LogP contribution in [0.2, 0.25) is 5.02 Å². The molecule has 2 aromatic heterocycles. The van der Waals surface area contributed by atoms with Crippen molar-refractivity contribution < 1.29 is 13.9 Å². The van der Waals surface area contributed by atoms with Crippen molar-refractivity contribution in [1.82, 2.24) is 9.38 Å². The number of esters is 1. The molecule has 0 saturated carbocycles. The number of oxazole rings is 1. The van der Waals surface area contributed by atoms with Gasteiger partial charge in [0.2, 0.25) is 0 Å². The molecule has 0 fully saturated rings. The molecule has 0 unspecified atom stereocenters. The SMILES string of the molecule is CCOC(=O)c1cnc2oc3ccc(Cl)cc3n2c1=O. The summed E-state index contributed by atoms with van der Waals surface area (Å²) in [6.07, 6.45) is 1.15. The molecule has 6 nitrogen and oxygen atoms in total. The van der Waals surface area contributed by atoms with Gasteiger partial charge in [0.25, 0.3) is 5.56 Å². The second-order valence-electron chi connectivity index (χ2n) is 4.03. The van der Waals surface area contributed by atoms with Crippen molar-refractivity contribution in [3.63, 3.8) is 0 Å². The van der Waals surface area contributed by atoms with Crippen LogP contribution in [0.5, 0.6) is 0 Å². The molecule has 7 heteroatoms. The summed E-state index contributed by atoms with van der Waals surface area (Å²) < 4.78 is 11.4. The van der Waals surface area contributed by atoms with Crippen LogP contribution in [0.25, 0.3) is 16.9 Å². The molecule has 0 N–H and O–H groups in total. The van der Waals surface area contributed by atoms with Gasteiger partial charge < -0.3 is 9.15 Å². The number of carbonyl (C=O) groups excluding carboxylic acids is 1. The van der Waals surface area contributed by atoms with Gasteiger partial charge in [0.1, 0.15) is 5.56 Å². The Morgan fingerprint density at radius 3 is 3.05 bits per heavy atom. The van der Waals surface area contributed by atoms with Gasteiger partial charge in [-0.15, -0.1) is 0 Å². The summed E-state index contributed by atoms with van der Waals surface area (Å²) >= 11 is 5.91. The molecule has 0 aliphatic carbocycles. The highest BCUT2D eigenvalue weighted by atomic mass is 35.5. The zero-order valence-corrected chi connectivity index (χ0v) is 11.2. The Kier molecular flexibility index (Phi) is 2.94. The maximum atomic E-state index is 12.4. The predicted octanol–water partition coefficient (Wildman–Crippen LogP) is 2.27.